The monoisotopic (exact) mass is 245 g/mol. The molecule has 0 saturated heterocycles. The van der Waals surface area contributed by atoms with Crippen LogP contribution in [0.3, 0.4) is 0 Å². The number of nitrogens with one attached hydrogen (secondary N) is 1. The molecule has 0 heterocycles. The molecule has 1 atom stereocenters. The van der Waals surface area contributed by atoms with E-state index in [1.807, 2.05) is 0 Å². The van der Waals surface area contributed by atoms with E-state index in [1.54, 1.807) is 0 Å². The van der Waals surface area contributed by atoms with Gasteiger partial charge in [-0.3, -0.25) is 0 Å². The largest absolute Gasteiger partial charge is 0.307 e. The van der Waals surface area contributed by atoms with E-state index >= 15 is 0 Å². The Morgan fingerprint density at radius 3 is 2.11 bits per heavy atom. The van der Waals surface area contributed by atoms with Crippen LogP contribution in [0.15, 0.2) is 30.3 Å². The van der Waals surface area contributed by atoms with E-state index in [2.05, 4.69) is 56.4 Å². The lowest BCUT2D eigenvalue weighted by molar-refractivity contribution is 0.231. The number of benzene rings is 1. The summed E-state index contributed by atoms with van der Waals surface area (Å²) < 4.78 is 0. The van der Waals surface area contributed by atoms with Crippen LogP contribution in [-0.2, 0) is 0 Å². The van der Waals surface area contributed by atoms with E-state index in [1.165, 1.54) is 31.2 Å². The van der Waals surface area contributed by atoms with Crippen LogP contribution in [0.5, 0.6) is 0 Å². The Morgan fingerprint density at radius 1 is 0.944 bits per heavy atom. The van der Waals surface area contributed by atoms with Crippen molar-refractivity contribution in [3.05, 3.63) is 35.9 Å². The van der Waals surface area contributed by atoms with Gasteiger partial charge in [-0.1, -0.05) is 44.2 Å². The highest BCUT2D eigenvalue weighted by Gasteiger charge is 2.23. The van der Waals surface area contributed by atoms with Crippen LogP contribution in [0.1, 0.15) is 58.1 Å². The maximum atomic E-state index is 3.79. The Kier molecular flexibility index (Phi) is 4.82. The summed E-state index contributed by atoms with van der Waals surface area (Å²) in [5.41, 5.74) is 1.41. The molecule has 1 aromatic rings. The molecule has 0 aliphatic heterocycles. The molecule has 0 radical (unpaired) electrons. The Bertz CT molecular complexity index is 336. The van der Waals surface area contributed by atoms with E-state index in [0.717, 1.165) is 17.9 Å². The van der Waals surface area contributed by atoms with Gasteiger partial charge in [0.2, 0.25) is 0 Å². The van der Waals surface area contributed by atoms with Gasteiger partial charge in [-0.2, -0.15) is 0 Å². The first-order valence-electron chi connectivity index (χ1n) is 7.48. The highest BCUT2D eigenvalue weighted by atomic mass is 14.9. The Balaban J connectivity index is 1.81. The summed E-state index contributed by atoms with van der Waals surface area (Å²) in [4.78, 5) is 0. The maximum absolute atomic E-state index is 3.79. The summed E-state index contributed by atoms with van der Waals surface area (Å²) in [6.07, 6.45) is 5.49. The predicted molar refractivity (Wildman–Crippen MR) is 78.6 cm³/mol. The van der Waals surface area contributed by atoms with Gasteiger partial charge in [-0.25, -0.2) is 0 Å². The van der Waals surface area contributed by atoms with Gasteiger partial charge in [-0.05, 0) is 50.0 Å². The van der Waals surface area contributed by atoms with Crippen LogP contribution in [0.2, 0.25) is 0 Å². The lowest BCUT2D eigenvalue weighted by atomic mass is 9.79. The first kappa shape index (κ1) is 13.6. The summed E-state index contributed by atoms with van der Waals surface area (Å²) in [6, 6.07) is 12.0. The van der Waals surface area contributed by atoms with Crippen LogP contribution < -0.4 is 5.32 Å². The molecular weight excluding hydrogens is 218 g/mol. The van der Waals surface area contributed by atoms with Crippen LogP contribution >= 0.6 is 0 Å². The van der Waals surface area contributed by atoms with Crippen LogP contribution in [0.4, 0.5) is 0 Å². The van der Waals surface area contributed by atoms with Crippen LogP contribution in [0.25, 0.3) is 0 Å². The van der Waals surface area contributed by atoms with Gasteiger partial charge in [0.15, 0.2) is 0 Å². The average molecular weight is 245 g/mol. The van der Waals surface area contributed by atoms with Crippen molar-refractivity contribution in [2.24, 2.45) is 11.8 Å². The van der Waals surface area contributed by atoms with E-state index in [9.17, 15) is 0 Å². The van der Waals surface area contributed by atoms with Gasteiger partial charge < -0.3 is 5.32 Å². The second kappa shape index (κ2) is 6.38. The molecule has 1 aliphatic carbocycles. The average Bonchev–Trinajstić information content (AvgIpc) is 2.40. The summed E-state index contributed by atoms with van der Waals surface area (Å²) in [6.45, 7) is 7.01. The molecule has 1 N–H and O–H groups in total. The van der Waals surface area contributed by atoms with Crippen molar-refractivity contribution in [1.29, 1.82) is 0 Å². The molecule has 100 valence electrons. The molecule has 1 fully saturated rings. The summed E-state index contributed by atoms with van der Waals surface area (Å²) in [5, 5.41) is 3.79. The van der Waals surface area contributed by atoms with E-state index in [0.29, 0.717) is 6.04 Å². The van der Waals surface area contributed by atoms with Crippen molar-refractivity contribution in [2.75, 3.05) is 0 Å². The molecule has 18 heavy (non-hydrogen) atoms. The van der Waals surface area contributed by atoms with E-state index in [-0.39, 0.29) is 0 Å². The first-order valence-corrected chi connectivity index (χ1v) is 7.48. The molecule has 2 rings (SSSR count). The summed E-state index contributed by atoms with van der Waals surface area (Å²) in [5.74, 6) is 1.81. The maximum Gasteiger partial charge on any atom is 0.0294 e. The number of hydrogen-bond acceptors (Lipinski definition) is 1. The normalized spacial score (nSPS) is 26.2. The van der Waals surface area contributed by atoms with Gasteiger partial charge in [0.1, 0.15) is 0 Å². The standard InChI is InChI=1S/C17H27N/c1-13(2)15-9-11-17(12-10-15)18-14(3)16-7-5-4-6-8-16/h4-8,13-15,17-18H,9-12H2,1-3H3/t14-,15?,17?/m1/s1. The van der Waals surface area contributed by atoms with E-state index < -0.39 is 0 Å². The highest BCUT2D eigenvalue weighted by Crippen LogP contribution is 2.30. The van der Waals surface area contributed by atoms with E-state index in [4.69, 9.17) is 0 Å². The molecule has 0 unspecified atom stereocenters. The topological polar surface area (TPSA) is 12.0 Å². The molecule has 0 spiro atoms. The zero-order chi connectivity index (χ0) is 13.0. The third-order valence-corrected chi connectivity index (χ3v) is 4.50. The molecule has 1 aromatic carbocycles. The molecule has 0 amide bonds. The molecule has 1 nitrogen and oxygen atoms in total. The summed E-state index contributed by atoms with van der Waals surface area (Å²) >= 11 is 0. The fraction of sp³-hybridized carbons (Fsp3) is 0.647. The second-order valence-electron chi connectivity index (χ2n) is 6.15. The minimum absolute atomic E-state index is 0.479. The molecule has 1 aliphatic rings. The minimum Gasteiger partial charge on any atom is -0.307 e. The lowest BCUT2D eigenvalue weighted by Gasteiger charge is -2.33. The molecule has 1 heteroatoms. The minimum atomic E-state index is 0.479. The lowest BCUT2D eigenvalue weighted by Crippen LogP contribution is -2.35. The zero-order valence-electron chi connectivity index (χ0n) is 12.0. The molecule has 0 aromatic heterocycles. The van der Waals surface area contributed by atoms with Crippen LogP contribution in [0, 0.1) is 11.8 Å². The molecule has 1 saturated carbocycles. The van der Waals surface area contributed by atoms with Gasteiger partial charge >= 0.3 is 0 Å². The van der Waals surface area contributed by atoms with Crippen molar-refractivity contribution in [2.45, 2.75) is 58.5 Å². The van der Waals surface area contributed by atoms with Crippen molar-refractivity contribution in [3.8, 4) is 0 Å². The Labute approximate surface area is 112 Å². The van der Waals surface area contributed by atoms with Gasteiger partial charge in [0, 0.05) is 12.1 Å². The van der Waals surface area contributed by atoms with Crippen molar-refractivity contribution >= 4 is 0 Å². The highest BCUT2D eigenvalue weighted by molar-refractivity contribution is 5.18. The van der Waals surface area contributed by atoms with Gasteiger partial charge in [-0.15, -0.1) is 0 Å². The number of hydrogen-bond donors (Lipinski definition) is 1. The Morgan fingerprint density at radius 2 is 1.56 bits per heavy atom. The SMILES string of the molecule is CC(C)C1CCC(N[C@H](C)c2ccccc2)CC1. The van der Waals surface area contributed by atoms with Crippen molar-refractivity contribution in [3.63, 3.8) is 0 Å². The Hall–Kier alpha value is -0.820. The van der Waals surface area contributed by atoms with Crippen molar-refractivity contribution in [1.82, 2.24) is 5.32 Å². The second-order valence-corrected chi connectivity index (χ2v) is 6.15. The number of rotatable bonds is 4. The molecular formula is C17H27N. The smallest absolute Gasteiger partial charge is 0.0294 e. The zero-order valence-corrected chi connectivity index (χ0v) is 12.0. The fourth-order valence-electron chi connectivity index (χ4n) is 3.14. The van der Waals surface area contributed by atoms with Gasteiger partial charge in [0.25, 0.3) is 0 Å². The molecule has 0 bridgehead atoms. The quantitative estimate of drug-likeness (QED) is 0.820. The fourth-order valence-corrected chi connectivity index (χ4v) is 3.14. The van der Waals surface area contributed by atoms with Crippen molar-refractivity contribution < 1.29 is 0 Å². The summed E-state index contributed by atoms with van der Waals surface area (Å²) in [7, 11) is 0. The third kappa shape index (κ3) is 3.58. The van der Waals surface area contributed by atoms with Crippen LogP contribution in [-0.4, -0.2) is 6.04 Å². The third-order valence-electron chi connectivity index (χ3n) is 4.50. The van der Waals surface area contributed by atoms with Gasteiger partial charge in [0.05, 0.1) is 0 Å². The first-order chi connectivity index (χ1) is 8.66. The predicted octanol–water partition coefficient (Wildman–Crippen LogP) is 4.55.